The number of carbonyl (C=O) groups is 2. The number of hydrogen-bond acceptors (Lipinski definition) is 3. The molecule has 31 heavy (non-hydrogen) atoms. The SMILES string of the molecule is C=C1CN([C@@H](C(=O)NC(C)(C)C)c2cccc3ccccc23)C(=O)c2ccccc2O1. The Kier molecular flexibility index (Phi) is 5.27. The molecule has 0 fully saturated rings. The highest BCUT2D eigenvalue weighted by Gasteiger charge is 2.37. The van der Waals surface area contributed by atoms with Gasteiger partial charge in [0.2, 0.25) is 5.91 Å². The largest absolute Gasteiger partial charge is 0.460 e. The molecule has 0 aromatic heterocycles. The van der Waals surface area contributed by atoms with Crippen LogP contribution in [0.1, 0.15) is 42.7 Å². The second-order valence-corrected chi connectivity index (χ2v) is 8.78. The number of nitrogens with one attached hydrogen (secondary N) is 1. The molecule has 3 aromatic rings. The van der Waals surface area contributed by atoms with Gasteiger partial charge in [0.15, 0.2) is 0 Å². The number of hydrogen-bond donors (Lipinski definition) is 1. The van der Waals surface area contributed by atoms with Crippen molar-refractivity contribution < 1.29 is 14.3 Å². The maximum atomic E-state index is 13.6. The molecule has 0 saturated carbocycles. The smallest absolute Gasteiger partial charge is 0.259 e. The molecule has 2 amide bonds. The first-order valence-electron chi connectivity index (χ1n) is 10.3. The van der Waals surface area contributed by atoms with Crippen molar-refractivity contribution in [1.29, 1.82) is 0 Å². The highest BCUT2D eigenvalue weighted by Crippen LogP contribution is 2.34. The summed E-state index contributed by atoms with van der Waals surface area (Å²) >= 11 is 0. The quantitative estimate of drug-likeness (QED) is 0.667. The van der Waals surface area contributed by atoms with Gasteiger partial charge in [-0.1, -0.05) is 61.2 Å². The first-order valence-corrected chi connectivity index (χ1v) is 10.3. The minimum Gasteiger partial charge on any atom is -0.460 e. The average Bonchev–Trinajstić information content (AvgIpc) is 2.83. The molecule has 1 heterocycles. The van der Waals surface area contributed by atoms with Gasteiger partial charge in [0, 0.05) is 5.54 Å². The fourth-order valence-corrected chi connectivity index (χ4v) is 3.92. The molecule has 0 aliphatic carbocycles. The van der Waals surface area contributed by atoms with Crippen LogP contribution in [0.2, 0.25) is 0 Å². The van der Waals surface area contributed by atoms with Crippen LogP contribution >= 0.6 is 0 Å². The van der Waals surface area contributed by atoms with Crippen LogP contribution < -0.4 is 10.1 Å². The Bertz CT molecular complexity index is 1170. The summed E-state index contributed by atoms with van der Waals surface area (Å²) in [6.07, 6.45) is 0. The van der Waals surface area contributed by atoms with Gasteiger partial charge in [-0.05, 0) is 49.2 Å². The van der Waals surface area contributed by atoms with Crippen LogP contribution in [0, 0.1) is 0 Å². The number of para-hydroxylation sites is 1. The van der Waals surface area contributed by atoms with E-state index in [0.29, 0.717) is 17.1 Å². The van der Waals surface area contributed by atoms with Crippen molar-refractivity contribution >= 4 is 22.6 Å². The van der Waals surface area contributed by atoms with Gasteiger partial charge in [-0.2, -0.15) is 0 Å². The van der Waals surface area contributed by atoms with Crippen LogP contribution in [-0.2, 0) is 4.79 Å². The van der Waals surface area contributed by atoms with Crippen LogP contribution in [0.4, 0.5) is 0 Å². The van der Waals surface area contributed by atoms with Crippen LogP contribution in [0.5, 0.6) is 5.75 Å². The van der Waals surface area contributed by atoms with Crippen LogP contribution in [0.25, 0.3) is 10.8 Å². The maximum Gasteiger partial charge on any atom is 0.259 e. The molecule has 0 spiro atoms. The molecule has 1 atom stereocenters. The summed E-state index contributed by atoms with van der Waals surface area (Å²) in [5.74, 6) is 0.348. The Hall–Kier alpha value is -3.60. The first-order chi connectivity index (χ1) is 14.7. The Morgan fingerprint density at radius 2 is 1.71 bits per heavy atom. The van der Waals surface area contributed by atoms with Crippen molar-refractivity contribution in [3.63, 3.8) is 0 Å². The maximum absolute atomic E-state index is 13.6. The van der Waals surface area contributed by atoms with Crippen LogP contribution in [-0.4, -0.2) is 28.8 Å². The van der Waals surface area contributed by atoms with Gasteiger partial charge >= 0.3 is 0 Å². The van der Waals surface area contributed by atoms with Crippen molar-refractivity contribution in [2.24, 2.45) is 0 Å². The van der Waals surface area contributed by atoms with Crippen molar-refractivity contribution in [3.8, 4) is 5.75 Å². The fourth-order valence-electron chi connectivity index (χ4n) is 3.92. The zero-order chi connectivity index (χ0) is 22.2. The lowest BCUT2D eigenvalue weighted by atomic mass is 9.95. The molecule has 4 rings (SSSR count). The zero-order valence-corrected chi connectivity index (χ0v) is 18.0. The minimum atomic E-state index is -0.843. The van der Waals surface area contributed by atoms with Gasteiger partial charge < -0.3 is 15.0 Å². The van der Waals surface area contributed by atoms with Gasteiger partial charge in [0.25, 0.3) is 5.91 Å². The lowest BCUT2D eigenvalue weighted by Gasteiger charge is -2.33. The molecule has 1 aliphatic heterocycles. The highest BCUT2D eigenvalue weighted by atomic mass is 16.5. The van der Waals surface area contributed by atoms with E-state index in [4.69, 9.17) is 4.74 Å². The summed E-state index contributed by atoms with van der Waals surface area (Å²) < 4.78 is 5.82. The number of amides is 2. The van der Waals surface area contributed by atoms with Gasteiger partial charge in [0.05, 0.1) is 12.1 Å². The summed E-state index contributed by atoms with van der Waals surface area (Å²) in [5.41, 5.74) is 0.718. The van der Waals surface area contributed by atoms with Gasteiger partial charge in [0.1, 0.15) is 17.6 Å². The van der Waals surface area contributed by atoms with E-state index in [1.807, 2.05) is 69.3 Å². The van der Waals surface area contributed by atoms with Crippen molar-refractivity contribution in [2.45, 2.75) is 32.4 Å². The van der Waals surface area contributed by atoms with E-state index >= 15 is 0 Å². The monoisotopic (exact) mass is 414 g/mol. The van der Waals surface area contributed by atoms with Crippen molar-refractivity contribution in [1.82, 2.24) is 10.2 Å². The lowest BCUT2D eigenvalue weighted by Crippen LogP contribution is -2.49. The third-order valence-electron chi connectivity index (χ3n) is 5.16. The third kappa shape index (κ3) is 4.17. The number of ether oxygens (including phenoxy) is 1. The zero-order valence-electron chi connectivity index (χ0n) is 18.0. The molecular formula is C26H26N2O3. The normalized spacial score (nSPS) is 15.1. The van der Waals surface area contributed by atoms with Crippen LogP contribution in [0.3, 0.4) is 0 Å². The van der Waals surface area contributed by atoms with Gasteiger partial charge in [-0.25, -0.2) is 0 Å². The summed E-state index contributed by atoms with van der Waals surface area (Å²) in [4.78, 5) is 28.8. The van der Waals surface area contributed by atoms with E-state index in [-0.39, 0.29) is 18.4 Å². The standard InChI is InChI=1S/C26H26N2O3/c1-17-16-28(25(30)21-13-7-8-15-22(21)31-17)23(24(29)27-26(2,3)4)20-14-9-11-18-10-5-6-12-19(18)20/h5-15,23H,1,16H2,2-4H3,(H,27,29)/t23-/m1/s1. The molecule has 5 nitrogen and oxygen atoms in total. The molecular weight excluding hydrogens is 388 g/mol. The second-order valence-electron chi connectivity index (χ2n) is 8.78. The number of fused-ring (bicyclic) bond motifs is 2. The average molecular weight is 415 g/mol. The number of rotatable bonds is 3. The van der Waals surface area contributed by atoms with E-state index < -0.39 is 11.6 Å². The summed E-state index contributed by atoms with van der Waals surface area (Å²) in [5, 5.41) is 4.99. The molecule has 0 unspecified atom stereocenters. The summed E-state index contributed by atoms with van der Waals surface area (Å²) in [6.45, 7) is 9.86. The lowest BCUT2D eigenvalue weighted by molar-refractivity contribution is -0.127. The van der Waals surface area contributed by atoms with Gasteiger partial charge in [-0.3, -0.25) is 9.59 Å². The van der Waals surface area contributed by atoms with E-state index in [9.17, 15) is 9.59 Å². The molecule has 1 N–H and O–H groups in total. The van der Waals surface area contributed by atoms with E-state index in [1.54, 1.807) is 23.1 Å². The Labute approximate surface area is 182 Å². The molecule has 0 bridgehead atoms. The van der Waals surface area contributed by atoms with E-state index in [2.05, 4.69) is 11.9 Å². The molecule has 5 heteroatoms. The molecule has 0 radical (unpaired) electrons. The summed E-state index contributed by atoms with van der Waals surface area (Å²) in [6, 6.07) is 19.9. The van der Waals surface area contributed by atoms with Crippen molar-refractivity contribution in [2.75, 3.05) is 6.54 Å². The summed E-state index contributed by atoms with van der Waals surface area (Å²) in [7, 11) is 0. The van der Waals surface area contributed by atoms with Gasteiger partial charge in [-0.15, -0.1) is 0 Å². The predicted octanol–water partition coefficient (Wildman–Crippen LogP) is 4.84. The molecule has 158 valence electrons. The molecule has 3 aromatic carbocycles. The van der Waals surface area contributed by atoms with Crippen LogP contribution in [0.15, 0.2) is 79.1 Å². The third-order valence-corrected chi connectivity index (χ3v) is 5.16. The Morgan fingerprint density at radius 1 is 1.03 bits per heavy atom. The Balaban J connectivity index is 1.89. The predicted molar refractivity (Wildman–Crippen MR) is 122 cm³/mol. The number of nitrogens with zero attached hydrogens (tertiary/aromatic N) is 1. The number of carbonyl (C=O) groups excluding carboxylic acids is 2. The Morgan fingerprint density at radius 3 is 2.48 bits per heavy atom. The minimum absolute atomic E-state index is 0.110. The highest BCUT2D eigenvalue weighted by molar-refractivity contribution is 6.02. The second kappa shape index (κ2) is 7.91. The van der Waals surface area contributed by atoms with Crippen molar-refractivity contribution in [3.05, 3.63) is 90.2 Å². The first kappa shape index (κ1) is 20.7. The fraction of sp³-hybridized carbons (Fsp3) is 0.231. The molecule has 0 saturated heterocycles. The topological polar surface area (TPSA) is 58.6 Å². The number of benzene rings is 3. The van der Waals surface area contributed by atoms with E-state index in [1.165, 1.54) is 0 Å². The molecule has 1 aliphatic rings. The van der Waals surface area contributed by atoms with E-state index in [0.717, 1.165) is 16.3 Å².